The highest BCUT2D eigenvalue weighted by Gasteiger charge is 2.38. The quantitative estimate of drug-likeness (QED) is 0.486. The molecule has 0 bridgehead atoms. The number of alkyl halides is 1. The predicted octanol–water partition coefficient (Wildman–Crippen LogP) is 4.22. The van der Waals surface area contributed by atoms with Crippen LogP contribution in [0.5, 0.6) is 0 Å². The van der Waals surface area contributed by atoms with E-state index >= 15 is 0 Å². The molecule has 0 N–H and O–H groups in total. The molecule has 0 radical (unpaired) electrons. The molecule has 0 aromatic heterocycles. The van der Waals surface area contributed by atoms with Gasteiger partial charge in [-0.05, 0) is 62.6 Å². The number of halogens is 1. The summed E-state index contributed by atoms with van der Waals surface area (Å²) in [4.78, 5) is 14.2. The van der Waals surface area contributed by atoms with E-state index in [4.69, 9.17) is 14.2 Å². The van der Waals surface area contributed by atoms with Gasteiger partial charge in [0.05, 0.1) is 37.5 Å². The van der Waals surface area contributed by atoms with Gasteiger partial charge in [-0.25, -0.2) is 4.79 Å². The monoisotopic (exact) mass is 441 g/mol. The van der Waals surface area contributed by atoms with Crippen molar-refractivity contribution in [1.29, 1.82) is 0 Å². The summed E-state index contributed by atoms with van der Waals surface area (Å²) in [6.45, 7) is 17.7. The Morgan fingerprint density at radius 2 is 1.70 bits per heavy atom. The van der Waals surface area contributed by atoms with Crippen LogP contribution < -0.4 is 0 Å². The fourth-order valence-electron chi connectivity index (χ4n) is 2.17. The van der Waals surface area contributed by atoms with Gasteiger partial charge in [0.2, 0.25) is 0 Å². The topological polar surface area (TPSA) is 48.0 Å². The summed E-state index contributed by atoms with van der Waals surface area (Å²) in [6, 6.07) is 0. The van der Waals surface area contributed by atoms with E-state index in [0.717, 1.165) is 0 Å². The van der Waals surface area contributed by atoms with Crippen LogP contribution in [0.25, 0.3) is 0 Å². The summed E-state index contributed by atoms with van der Waals surface area (Å²) >= 11 is 2.12. The second-order valence-electron chi connectivity index (χ2n) is 8.67. The van der Waals surface area contributed by atoms with Gasteiger partial charge in [-0.2, -0.15) is 0 Å². The molecule has 1 rings (SSSR count). The lowest BCUT2D eigenvalue weighted by molar-refractivity contribution is -0.156. The highest BCUT2D eigenvalue weighted by atomic mass is 127. The number of carbonyl (C=O) groups is 1. The largest absolute Gasteiger partial charge is 0.433 e. The van der Waals surface area contributed by atoms with Gasteiger partial charge >= 0.3 is 6.09 Å². The van der Waals surface area contributed by atoms with Crippen LogP contribution in [-0.2, 0) is 14.2 Å². The number of amides is 1. The van der Waals surface area contributed by atoms with Crippen LogP contribution in [0, 0.1) is 5.41 Å². The maximum atomic E-state index is 12.4. The van der Waals surface area contributed by atoms with E-state index in [0.29, 0.717) is 19.7 Å². The number of ether oxygens (including phenoxy) is 3. The first kappa shape index (κ1) is 21.0. The van der Waals surface area contributed by atoms with Crippen LogP contribution in [-0.4, -0.2) is 52.1 Å². The van der Waals surface area contributed by atoms with E-state index in [1.807, 2.05) is 34.6 Å². The average Bonchev–Trinajstić information content (AvgIpc) is 2.32. The van der Waals surface area contributed by atoms with Crippen LogP contribution >= 0.6 is 22.6 Å². The van der Waals surface area contributed by atoms with Crippen molar-refractivity contribution in [2.75, 3.05) is 19.7 Å². The molecule has 0 spiro atoms. The van der Waals surface area contributed by atoms with E-state index in [1.54, 1.807) is 4.90 Å². The zero-order valence-electron chi connectivity index (χ0n) is 15.7. The molecule has 1 aliphatic heterocycles. The highest BCUT2D eigenvalue weighted by molar-refractivity contribution is 14.1. The third-order valence-corrected chi connectivity index (χ3v) is 3.64. The lowest BCUT2D eigenvalue weighted by Crippen LogP contribution is -2.56. The molecule has 1 aliphatic rings. The maximum absolute atomic E-state index is 12.4. The summed E-state index contributed by atoms with van der Waals surface area (Å²) in [7, 11) is 0. The Balaban J connectivity index is 2.80. The molecule has 23 heavy (non-hydrogen) atoms. The molecule has 2 unspecified atom stereocenters. The summed E-state index contributed by atoms with van der Waals surface area (Å²) in [5.74, 6) is 0. The van der Waals surface area contributed by atoms with Crippen molar-refractivity contribution in [2.24, 2.45) is 5.41 Å². The molecule has 6 heteroatoms. The molecule has 1 saturated heterocycles. The average molecular weight is 441 g/mol. The van der Waals surface area contributed by atoms with E-state index in [9.17, 15) is 4.79 Å². The van der Waals surface area contributed by atoms with Crippen LogP contribution in [0.1, 0.15) is 55.4 Å². The molecule has 0 aromatic carbocycles. The molecule has 0 saturated carbocycles. The number of rotatable bonds is 3. The van der Waals surface area contributed by atoms with Gasteiger partial charge in [-0.3, -0.25) is 0 Å². The summed E-state index contributed by atoms with van der Waals surface area (Å²) in [5.41, 5.74) is -0.285. The van der Waals surface area contributed by atoms with Crippen molar-refractivity contribution < 1.29 is 19.0 Å². The molecule has 0 aliphatic carbocycles. The first-order valence-electron chi connectivity index (χ1n) is 8.14. The summed E-state index contributed by atoms with van der Waals surface area (Å²) < 4.78 is 17.0. The minimum absolute atomic E-state index is 0.0466. The van der Waals surface area contributed by atoms with Crippen molar-refractivity contribution in [3.05, 3.63) is 0 Å². The minimum Gasteiger partial charge on any atom is -0.433 e. The Hall–Kier alpha value is -0.0800. The molecule has 2 atom stereocenters. The van der Waals surface area contributed by atoms with Crippen molar-refractivity contribution in [3.63, 3.8) is 0 Å². The van der Waals surface area contributed by atoms with E-state index in [-0.39, 0.29) is 29.3 Å². The second-order valence-corrected chi connectivity index (χ2v) is 11.3. The van der Waals surface area contributed by atoms with Gasteiger partial charge in [0, 0.05) is 0 Å². The second kappa shape index (κ2) is 7.44. The van der Waals surface area contributed by atoms with E-state index in [1.165, 1.54) is 0 Å². The van der Waals surface area contributed by atoms with Crippen LogP contribution in [0.4, 0.5) is 4.79 Å². The minimum atomic E-state index is -0.526. The van der Waals surface area contributed by atoms with Crippen molar-refractivity contribution >= 4 is 28.7 Å². The molecule has 136 valence electrons. The van der Waals surface area contributed by atoms with Crippen molar-refractivity contribution in [1.82, 2.24) is 4.90 Å². The maximum Gasteiger partial charge on any atom is 0.411 e. The van der Waals surface area contributed by atoms with Gasteiger partial charge in [-0.15, -0.1) is 0 Å². The summed E-state index contributed by atoms with van der Waals surface area (Å²) in [5, 5.41) is 0. The molecular weight excluding hydrogens is 409 g/mol. The Bertz CT molecular complexity index is 406. The first-order chi connectivity index (χ1) is 10.2. The Morgan fingerprint density at radius 1 is 1.13 bits per heavy atom. The third kappa shape index (κ3) is 8.03. The molecule has 1 heterocycles. The number of hydrogen-bond acceptors (Lipinski definition) is 4. The van der Waals surface area contributed by atoms with Crippen LogP contribution in [0.15, 0.2) is 0 Å². The van der Waals surface area contributed by atoms with Gasteiger partial charge < -0.3 is 19.1 Å². The van der Waals surface area contributed by atoms with E-state index in [2.05, 4.69) is 43.4 Å². The number of nitrogens with zero attached hydrogens (tertiary/aromatic N) is 1. The molecular formula is C17H32INO4. The Labute approximate surface area is 154 Å². The molecule has 0 aromatic rings. The zero-order chi connectivity index (χ0) is 18.1. The molecule has 5 nitrogen and oxygen atoms in total. The third-order valence-electron chi connectivity index (χ3n) is 3.42. The standard InChI is InChI=1S/C17H32INO4/c1-15(2,3)13-10-19(14(20)23-17(7,8)18)9-12(22-13)11-21-16(4,5)6/h12-13H,9-11H2,1-8H3. The van der Waals surface area contributed by atoms with Crippen LogP contribution in [0.2, 0.25) is 0 Å². The van der Waals surface area contributed by atoms with Crippen molar-refractivity contribution in [2.45, 2.75) is 76.8 Å². The smallest absolute Gasteiger partial charge is 0.411 e. The van der Waals surface area contributed by atoms with Crippen LogP contribution in [0.3, 0.4) is 0 Å². The predicted molar refractivity (Wildman–Crippen MR) is 100.0 cm³/mol. The first-order valence-corrected chi connectivity index (χ1v) is 9.21. The number of carbonyl (C=O) groups excluding carboxylic acids is 1. The molecule has 1 fully saturated rings. The van der Waals surface area contributed by atoms with Gasteiger partial charge in [0.15, 0.2) is 3.61 Å². The van der Waals surface area contributed by atoms with E-state index < -0.39 is 3.61 Å². The SMILES string of the molecule is CC(C)(C)OCC1CN(C(=O)OC(C)(C)I)CC(C(C)(C)C)O1. The Kier molecular flexibility index (Phi) is 6.78. The summed E-state index contributed by atoms with van der Waals surface area (Å²) in [6.07, 6.45) is -0.477. The fraction of sp³-hybridized carbons (Fsp3) is 0.941. The van der Waals surface area contributed by atoms with Gasteiger partial charge in [0.1, 0.15) is 0 Å². The van der Waals surface area contributed by atoms with Crippen molar-refractivity contribution in [3.8, 4) is 0 Å². The molecule has 1 amide bonds. The fourth-order valence-corrected chi connectivity index (χ4v) is 2.36. The number of morpholine rings is 1. The lowest BCUT2D eigenvalue weighted by Gasteiger charge is -2.43. The normalized spacial score (nSPS) is 23.8. The lowest BCUT2D eigenvalue weighted by atomic mass is 9.87. The van der Waals surface area contributed by atoms with Gasteiger partial charge in [-0.1, -0.05) is 20.8 Å². The number of hydrogen-bond donors (Lipinski definition) is 0. The van der Waals surface area contributed by atoms with Gasteiger partial charge in [0.25, 0.3) is 0 Å². The zero-order valence-corrected chi connectivity index (χ0v) is 17.9. The Morgan fingerprint density at radius 3 is 2.13 bits per heavy atom. The highest BCUT2D eigenvalue weighted by Crippen LogP contribution is 2.29.